The number of carboxylic acids is 1. The Balaban J connectivity index is 1.24. The Morgan fingerprint density at radius 2 is 1.72 bits per heavy atom. The van der Waals surface area contributed by atoms with E-state index < -0.39 is 24.0 Å². The van der Waals surface area contributed by atoms with Crippen LogP contribution in [0.15, 0.2) is 54.2 Å². The largest absolute Gasteiger partial charge is 0.480 e. The molecule has 1 atom stereocenters. The van der Waals surface area contributed by atoms with Crippen molar-refractivity contribution in [3.63, 3.8) is 0 Å². The van der Waals surface area contributed by atoms with E-state index in [9.17, 15) is 24.3 Å². The Morgan fingerprint density at radius 3 is 2.42 bits per heavy atom. The number of Topliss-reactive ketones (excluding diaryl/α,β-unsaturated/α-hetero) is 2. The third-order valence-electron chi connectivity index (χ3n) is 8.16. The zero-order valence-electron chi connectivity index (χ0n) is 25.7. The predicted molar refractivity (Wildman–Crippen MR) is 165 cm³/mol. The van der Waals surface area contributed by atoms with Gasteiger partial charge in [0, 0.05) is 25.1 Å². The van der Waals surface area contributed by atoms with Crippen molar-refractivity contribution < 1.29 is 29.0 Å². The van der Waals surface area contributed by atoms with Gasteiger partial charge in [-0.05, 0) is 77.3 Å². The Kier molecular flexibility index (Phi) is 10.4. The summed E-state index contributed by atoms with van der Waals surface area (Å²) in [7, 11) is 0. The third-order valence-corrected chi connectivity index (χ3v) is 8.16. The molecule has 1 saturated carbocycles. The molecule has 0 spiro atoms. The Morgan fingerprint density at radius 1 is 1.02 bits per heavy atom. The lowest BCUT2D eigenvalue weighted by atomic mass is 9.71. The summed E-state index contributed by atoms with van der Waals surface area (Å²) in [6.07, 6.45) is 4.76. The average Bonchev–Trinajstić information content (AvgIpc) is 3.31. The predicted octanol–water partition coefficient (Wildman–Crippen LogP) is 6.20. The fourth-order valence-corrected chi connectivity index (χ4v) is 6.10. The number of carbonyl (C=O) groups is 4. The van der Waals surface area contributed by atoms with Crippen LogP contribution in [-0.4, -0.2) is 41.3 Å². The topological polar surface area (TPSA) is 122 Å². The number of aliphatic carboxylic acids is 1. The molecule has 8 heteroatoms. The highest BCUT2D eigenvalue weighted by Gasteiger charge is 2.38. The summed E-state index contributed by atoms with van der Waals surface area (Å²) >= 11 is 0. The molecule has 4 rings (SSSR count). The number of amides is 1. The van der Waals surface area contributed by atoms with Gasteiger partial charge in [0.1, 0.15) is 24.2 Å². The number of unbranched alkanes of at least 4 members (excludes halogenated alkanes) is 1. The molecule has 43 heavy (non-hydrogen) atoms. The van der Waals surface area contributed by atoms with Crippen LogP contribution in [0.3, 0.4) is 0 Å². The summed E-state index contributed by atoms with van der Waals surface area (Å²) < 4.78 is 5.44. The van der Waals surface area contributed by atoms with Crippen LogP contribution in [0.5, 0.6) is 0 Å². The monoisotopic (exact) mass is 588 g/mol. The number of ether oxygens (including phenoxy) is 1. The van der Waals surface area contributed by atoms with Gasteiger partial charge in [-0.1, -0.05) is 70.2 Å². The lowest BCUT2D eigenvalue weighted by Crippen LogP contribution is -2.41. The summed E-state index contributed by atoms with van der Waals surface area (Å²) in [5, 5.41) is 15.6. The summed E-state index contributed by atoms with van der Waals surface area (Å²) in [6, 6.07) is 13.1. The molecule has 2 aromatic rings. The van der Waals surface area contributed by atoms with E-state index >= 15 is 0 Å². The Bertz CT molecular complexity index is 1370. The molecule has 0 bridgehead atoms. The van der Waals surface area contributed by atoms with E-state index in [1.54, 1.807) is 6.08 Å². The molecule has 2 aromatic carbocycles. The van der Waals surface area contributed by atoms with Crippen molar-refractivity contribution in [1.82, 2.24) is 10.6 Å². The van der Waals surface area contributed by atoms with Gasteiger partial charge < -0.3 is 20.5 Å². The molecule has 0 radical (unpaired) electrons. The number of carbonyl (C=O) groups excluding carboxylic acids is 3. The van der Waals surface area contributed by atoms with E-state index in [1.807, 2.05) is 38.1 Å². The molecule has 1 fully saturated rings. The van der Waals surface area contributed by atoms with E-state index in [4.69, 9.17) is 4.74 Å². The Hall–Kier alpha value is -3.94. The van der Waals surface area contributed by atoms with Gasteiger partial charge >= 0.3 is 12.1 Å². The van der Waals surface area contributed by atoms with Crippen molar-refractivity contribution in [2.75, 3.05) is 6.54 Å². The van der Waals surface area contributed by atoms with Crippen molar-refractivity contribution in [3.05, 3.63) is 70.9 Å². The molecule has 2 aliphatic carbocycles. The Labute approximate surface area is 254 Å². The highest BCUT2D eigenvalue weighted by Crippen LogP contribution is 2.38. The van der Waals surface area contributed by atoms with E-state index in [-0.39, 0.29) is 30.0 Å². The van der Waals surface area contributed by atoms with Gasteiger partial charge in [-0.2, -0.15) is 0 Å². The summed E-state index contributed by atoms with van der Waals surface area (Å²) in [4.78, 5) is 49.7. The molecule has 230 valence electrons. The average molecular weight is 589 g/mol. The molecule has 0 aliphatic heterocycles. The number of rotatable bonds is 13. The van der Waals surface area contributed by atoms with E-state index in [2.05, 4.69) is 42.7 Å². The summed E-state index contributed by atoms with van der Waals surface area (Å²) in [6.45, 7) is 8.68. The highest BCUT2D eigenvalue weighted by atomic mass is 16.5. The number of hydrogen-bond donors (Lipinski definition) is 3. The van der Waals surface area contributed by atoms with Gasteiger partial charge in [-0.25, -0.2) is 9.59 Å². The molecule has 0 aromatic heterocycles. The second-order valence-corrected chi connectivity index (χ2v) is 13.0. The molecule has 0 unspecified atom stereocenters. The summed E-state index contributed by atoms with van der Waals surface area (Å²) in [5.74, 6) is -1.55. The van der Waals surface area contributed by atoms with Crippen molar-refractivity contribution in [2.24, 2.45) is 17.3 Å². The number of benzene rings is 2. The van der Waals surface area contributed by atoms with Gasteiger partial charge in [0.15, 0.2) is 0 Å². The molecule has 2 aliphatic rings. The second-order valence-electron chi connectivity index (χ2n) is 13.0. The van der Waals surface area contributed by atoms with Crippen molar-refractivity contribution >= 4 is 23.6 Å². The van der Waals surface area contributed by atoms with E-state index in [0.29, 0.717) is 44.6 Å². The lowest BCUT2D eigenvalue weighted by Gasteiger charge is -2.31. The van der Waals surface area contributed by atoms with Gasteiger partial charge in [-0.15, -0.1) is 0 Å². The molecular formula is C35H44N2O6. The van der Waals surface area contributed by atoms with Crippen LogP contribution < -0.4 is 10.6 Å². The number of nitrogens with one attached hydrogen (secondary N) is 2. The number of alkyl carbamates (subject to hydrolysis) is 1. The molecule has 0 heterocycles. The molecular weight excluding hydrogens is 544 g/mol. The van der Waals surface area contributed by atoms with Gasteiger partial charge in [0.25, 0.3) is 0 Å². The standard InChI is InChI=1S/C35H44N2O6/c1-22(2)16-25(18-29-31(38)19-35(3,4)20-32(29)39)36-15-8-7-14-30(33(40)41)37-34(42)43-21-24-11-9-13-27-26-12-6-5-10-23(26)17-28(24)27/h5-6,9-13,18,22,29-30,36H,7-8,14-17,19-21H2,1-4H3,(H,37,42)(H,40,41)/t30-/m0/s1. The fraction of sp³-hybridized carbons (Fsp3) is 0.486. The SMILES string of the molecule is CC(C)CC(=CC1C(=O)CC(C)(C)CC1=O)NCCCC[C@H](NC(=O)OCc1cccc2c1Cc1ccccc1-2)C(=O)O. The van der Waals surface area contributed by atoms with Gasteiger partial charge in [0.2, 0.25) is 0 Å². The van der Waals surface area contributed by atoms with Crippen LogP contribution in [0.2, 0.25) is 0 Å². The van der Waals surface area contributed by atoms with Crippen molar-refractivity contribution in [3.8, 4) is 11.1 Å². The maximum atomic E-state index is 12.7. The second kappa shape index (κ2) is 14.0. The van der Waals surface area contributed by atoms with Crippen LogP contribution in [-0.2, 0) is 32.1 Å². The molecule has 1 amide bonds. The number of fused-ring (bicyclic) bond motifs is 3. The van der Waals surface area contributed by atoms with Crippen LogP contribution in [0.1, 0.15) is 82.9 Å². The minimum atomic E-state index is -1.11. The van der Waals surface area contributed by atoms with E-state index in [0.717, 1.165) is 28.8 Å². The minimum Gasteiger partial charge on any atom is -0.480 e. The van der Waals surface area contributed by atoms with Gasteiger partial charge in [0.05, 0.1) is 5.92 Å². The minimum absolute atomic E-state index is 0.0340. The highest BCUT2D eigenvalue weighted by molar-refractivity contribution is 6.06. The first-order chi connectivity index (χ1) is 20.4. The van der Waals surface area contributed by atoms with Crippen LogP contribution in [0.25, 0.3) is 11.1 Å². The maximum absolute atomic E-state index is 12.7. The maximum Gasteiger partial charge on any atom is 0.408 e. The third kappa shape index (κ3) is 8.55. The molecule has 0 saturated heterocycles. The zero-order chi connectivity index (χ0) is 31.1. The lowest BCUT2D eigenvalue weighted by molar-refractivity contribution is -0.140. The number of allylic oxidation sites excluding steroid dienone is 2. The fourth-order valence-electron chi connectivity index (χ4n) is 6.10. The smallest absolute Gasteiger partial charge is 0.408 e. The van der Waals surface area contributed by atoms with Crippen molar-refractivity contribution in [1.29, 1.82) is 0 Å². The van der Waals surface area contributed by atoms with Crippen molar-refractivity contribution in [2.45, 2.75) is 85.3 Å². The molecule has 3 N–H and O–H groups in total. The quantitative estimate of drug-likeness (QED) is 0.161. The van der Waals surface area contributed by atoms with E-state index in [1.165, 1.54) is 11.1 Å². The van der Waals surface area contributed by atoms with Crippen LogP contribution in [0, 0.1) is 17.3 Å². The summed E-state index contributed by atoms with van der Waals surface area (Å²) in [5.41, 5.74) is 6.19. The molecule has 8 nitrogen and oxygen atoms in total. The number of ketones is 2. The van der Waals surface area contributed by atoms with Crippen LogP contribution in [0.4, 0.5) is 4.79 Å². The zero-order valence-corrected chi connectivity index (χ0v) is 25.7. The van der Waals surface area contributed by atoms with Gasteiger partial charge in [-0.3, -0.25) is 9.59 Å². The first kappa shape index (κ1) is 32.0. The van der Waals surface area contributed by atoms with Crippen LogP contribution >= 0.6 is 0 Å². The first-order valence-corrected chi connectivity index (χ1v) is 15.3. The number of carboxylic acid groups (broad SMARTS) is 1. The normalized spacial score (nSPS) is 16.9. The first-order valence-electron chi connectivity index (χ1n) is 15.3. The number of hydrogen-bond acceptors (Lipinski definition) is 6.